The Bertz CT molecular complexity index is 1660. The second-order valence-electron chi connectivity index (χ2n) is 9.12. The van der Waals surface area contributed by atoms with Crippen molar-refractivity contribution in [3.05, 3.63) is 124 Å². The number of benzene rings is 4. The van der Waals surface area contributed by atoms with Crippen molar-refractivity contribution in [2.45, 2.75) is 11.3 Å². The molecule has 0 unspecified atom stereocenters. The van der Waals surface area contributed by atoms with Gasteiger partial charge >= 0.3 is 0 Å². The number of halogens is 2. The molecule has 0 saturated heterocycles. The first-order chi connectivity index (χ1) is 19.8. The molecule has 8 nitrogen and oxygen atoms in total. The maximum absolute atomic E-state index is 13.7. The van der Waals surface area contributed by atoms with Gasteiger partial charge in [0.25, 0.3) is 15.9 Å². The Labute approximate surface area is 248 Å². The summed E-state index contributed by atoms with van der Waals surface area (Å²) >= 11 is 12.2. The molecule has 0 bridgehead atoms. The van der Waals surface area contributed by atoms with Crippen LogP contribution in [0.15, 0.2) is 107 Å². The lowest BCUT2D eigenvalue weighted by Crippen LogP contribution is -2.34. The summed E-state index contributed by atoms with van der Waals surface area (Å²) in [7, 11) is -4.21. The first-order valence-electron chi connectivity index (χ1n) is 12.8. The van der Waals surface area contributed by atoms with Gasteiger partial charge in [0.15, 0.2) is 5.75 Å². The van der Waals surface area contributed by atoms with Gasteiger partial charge in [0.05, 0.1) is 22.2 Å². The van der Waals surface area contributed by atoms with E-state index in [1.54, 1.807) is 36.4 Å². The van der Waals surface area contributed by atoms with Crippen LogP contribution < -0.4 is 19.9 Å². The van der Waals surface area contributed by atoms with Gasteiger partial charge < -0.3 is 15.5 Å². The van der Waals surface area contributed by atoms with Crippen LogP contribution in [0.5, 0.6) is 5.75 Å². The van der Waals surface area contributed by atoms with Crippen molar-refractivity contribution in [3.8, 4) is 5.75 Å². The standard InChI is InChI=1S/C30H26Cl2N4O4S/c31-24-12-15-28(27(32)20-24)40-36(25-4-2-1-3-5-25)41(38,39)26-13-10-23(11-14-26)30(37)35-17-16-21-6-8-22(9-7-21)29-33-18-19-34-29/h1-15,20H,16-19H2,(H,33,34)(H,35,37). The average molecular weight is 610 g/mol. The molecule has 11 heteroatoms. The third-order valence-electron chi connectivity index (χ3n) is 6.28. The van der Waals surface area contributed by atoms with Crippen molar-refractivity contribution < 1.29 is 18.0 Å². The van der Waals surface area contributed by atoms with E-state index in [1.165, 1.54) is 36.4 Å². The van der Waals surface area contributed by atoms with E-state index in [-0.39, 0.29) is 27.3 Å². The Kier molecular flexibility index (Phi) is 8.78. The molecule has 1 heterocycles. The molecule has 1 amide bonds. The molecule has 0 fully saturated rings. The zero-order valence-corrected chi connectivity index (χ0v) is 24.1. The van der Waals surface area contributed by atoms with Crippen LogP contribution in [0, 0.1) is 0 Å². The molecule has 0 aliphatic carbocycles. The molecule has 4 aromatic carbocycles. The van der Waals surface area contributed by atoms with E-state index in [0.29, 0.717) is 23.6 Å². The van der Waals surface area contributed by atoms with Crippen LogP contribution in [0.4, 0.5) is 5.69 Å². The maximum atomic E-state index is 13.7. The second-order valence-corrected chi connectivity index (χ2v) is 11.7. The number of sulfonamides is 1. The molecule has 0 saturated carbocycles. The number of nitrogens with zero attached hydrogens (tertiary/aromatic N) is 2. The lowest BCUT2D eigenvalue weighted by atomic mass is 10.1. The molecule has 41 heavy (non-hydrogen) atoms. The Morgan fingerprint density at radius 3 is 2.34 bits per heavy atom. The van der Waals surface area contributed by atoms with Crippen molar-refractivity contribution in [3.63, 3.8) is 0 Å². The van der Waals surface area contributed by atoms with Gasteiger partial charge in [-0.05, 0) is 66.6 Å². The van der Waals surface area contributed by atoms with Crippen LogP contribution >= 0.6 is 23.2 Å². The zero-order chi connectivity index (χ0) is 28.8. The second kappa shape index (κ2) is 12.6. The van der Waals surface area contributed by atoms with Crippen molar-refractivity contribution in [2.75, 3.05) is 24.1 Å². The minimum Gasteiger partial charge on any atom is -0.368 e. The van der Waals surface area contributed by atoms with Gasteiger partial charge in [-0.25, -0.2) is 0 Å². The molecule has 0 spiro atoms. The number of aliphatic imine (C=N–C) groups is 1. The summed E-state index contributed by atoms with van der Waals surface area (Å²) in [4.78, 5) is 22.9. The summed E-state index contributed by atoms with van der Waals surface area (Å²) in [6.07, 6.45) is 0.648. The Balaban J connectivity index is 1.26. The van der Waals surface area contributed by atoms with Gasteiger partial charge in [-0.1, -0.05) is 70.1 Å². The number of anilines is 1. The summed E-state index contributed by atoms with van der Waals surface area (Å²) in [6, 6.07) is 26.5. The summed E-state index contributed by atoms with van der Waals surface area (Å²) in [6.45, 7) is 2.07. The third-order valence-corrected chi connectivity index (χ3v) is 8.40. The lowest BCUT2D eigenvalue weighted by molar-refractivity contribution is 0.0954. The van der Waals surface area contributed by atoms with E-state index in [2.05, 4.69) is 15.6 Å². The summed E-state index contributed by atoms with van der Waals surface area (Å²) in [5.74, 6) is 0.708. The van der Waals surface area contributed by atoms with Crippen LogP contribution in [0.3, 0.4) is 0 Å². The number of amidine groups is 1. The third kappa shape index (κ3) is 6.82. The van der Waals surface area contributed by atoms with Crippen LogP contribution in [0.2, 0.25) is 10.0 Å². The summed E-state index contributed by atoms with van der Waals surface area (Å²) in [5, 5.41) is 6.66. The lowest BCUT2D eigenvalue weighted by Gasteiger charge is -2.24. The predicted octanol–water partition coefficient (Wildman–Crippen LogP) is 5.51. The Hall–Kier alpha value is -4.05. The van der Waals surface area contributed by atoms with E-state index in [4.69, 9.17) is 28.0 Å². The fraction of sp³-hybridized carbons (Fsp3) is 0.133. The van der Waals surface area contributed by atoms with Gasteiger partial charge in [0.1, 0.15) is 5.84 Å². The minimum atomic E-state index is -4.21. The molecule has 1 aliphatic rings. The van der Waals surface area contributed by atoms with E-state index < -0.39 is 10.0 Å². The van der Waals surface area contributed by atoms with E-state index in [0.717, 1.165) is 34.5 Å². The smallest absolute Gasteiger partial charge is 0.295 e. The van der Waals surface area contributed by atoms with Gasteiger partial charge in [-0.15, -0.1) is 0 Å². The number of carbonyl (C=O) groups excluding carboxylic acids is 1. The Morgan fingerprint density at radius 1 is 0.951 bits per heavy atom. The van der Waals surface area contributed by atoms with Crippen LogP contribution in [0.1, 0.15) is 21.5 Å². The first-order valence-corrected chi connectivity index (χ1v) is 15.0. The fourth-order valence-corrected chi connectivity index (χ4v) is 5.84. The Morgan fingerprint density at radius 2 is 1.68 bits per heavy atom. The van der Waals surface area contributed by atoms with Crippen molar-refractivity contribution >= 4 is 50.7 Å². The van der Waals surface area contributed by atoms with Crippen molar-refractivity contribution in [1.29, 1.82) is 0 Å². The maximum Gasteiger partial charge on any atom is 0.295 e. The number of amides is 1. The number of hydrogen-bond donors (Lipinski definition) is 2. The highest BCUT2D eigenvalue weighted by molar-refractivity contribution is 7.92. The highest BCUT2D eigenvalue weighted by atomic mass is 35.5. The van der Waals surface area contributed by atoms with E-state index in [1.807, 2.05) is 24.3 Å². The summed E-state index contributed by atoms with van der Waals surface area (Å²) < 4.78 is 28.1. The highest BCUT2D eigenvalue weighted by Gasteiger charge is 2.28. The molecule has 0 atom stereocenters. The number of carbonyl (C=O) groups is 1. The molecular weight excluding hydrogens is 583 g/mol. The normalized spacial score (nSPS) is 12.8. The molecular formula is C30H26Cl2N4O4S. The molecule has 5 rings (SSSR count). The quantitative estimate of drug-likeness (QED) is 0.231. The number of hydrogen-bond acceptors (Lipinski definition) is 6. The number of nitrogens with one attached hydrogen (secondary N) is 2. The number of para-hydroxylation sites is 1. The predicted molar refractivity (Wildman–Crippen MR) is 162 cm³/mol. The minimum absolute atomic E-state index is 0.0653. The van der Waals surface area contributed by atoms with Crippen LogP contribution in [-0.4, -0.2) is 39.8 Å². The zero-order valence-electron chi connectivity index (χ0n) is 21.8. The fourth-order valence-electron chi connectivity index (χ4n) is 4.15. The van der Waals surface area contributed by atoms with Gasteiger partial charge in [-0.3, -0.25) is 9.79 Å². The molecule has 2 N–H and O–H groups in total. The first kappa shape index (κ1) is 28.5. The van der Waals surface area contributed by atoms with Crippen LogP contribution in [0.25, 0.3) is 0 Å². The van der Waals surface area contributed by atoms with Gasteiger partial charge in [0.2, 0.25) is 0 Å². The molecule has 0 aromatic heterocycles. The van der Waals surface area contributed by atoms with Crippen LogP contribution in [-0.2, 0) is 16.4 Å². The van der Waals surface area contributed by atoms with E-state index in [9.17, 15) is 13.2 Å². The topological polar surface area (TPSA) is 100 Å². The van der Waals surface area contributed by atoms with Gasteiger partial charge in [-0.2, -0.15) is 8.42 Å². The van der Waals surface area contributed by atoms with Gasteiger partial charge in [0, 0.05) is 29.2 Å². The highest BCUT2D eigenvalue weighted by Crippen LogP contribution is 2.32. The summed E-state index contributed by atoms with van der Waals surface area (Å²) in [5.41, 5.74) is 2.71. The van der Waals surface area contributed by atoms with Crippen molar-refractivity contribution in [1.82, 2.24) is 10.6 Å². The average Bonchev–Trinajstić information content (AvgIpc) is 3.53. The van der Waals surface area contributed by atoms with Crippen molar-refractivity contribution in [2.24, 2.45) is 4.99 Å². The molecule has 1 aliphatic heterocycles. The number of rotatable bonds is 10. The monoisotopic (exact) mass is 608 g/mol. The van der Waals surface area contributed by atoms with E-state index >= 15 is 0 Å². The largest absolute Gasteiger partial charge is 0.368 e. The molecule has 0 radical (unpaired) electrons. The SMILES string of the molecule is O=C(NCCc1ccc(C2=NCCN2)cc1)c1ccc(S(=O)(=O)N(Oc2ccc(Cl)cc2Cl)c2ccccc2)cc1. The molecule has 210 valence electrons. The molecule has 4 aromatic rings.